The average molecular weight is 265 g/mol. The minimum absolute atomic E-state index is 0.166. The number of benzene rings is 1. The molecule has 1 heterocycles. The van der Waals surface area contributed by atoms with E-state index in [0.717, 1.165) is 16.7 Å². The summed E-state index contributed by atoms with van der Waals surface area (Å²) in [6, 6.07) is 7.91. The van der Waals surface area contributed by atoms with E-state index in [4.69, 9.17) is 23.2 Å². The molecule has 0 aliphatic heterocycles. The van der Waals surface area contributed by atoms with Crippen molar-refractivity contribution in [3.05, 3.63) is 64.2 Å². The molecular weight excluding hydrogens is 255 g/mol. The van der Waals surface area contributed by atoms with Gasteiger partial charge in [0.2, 0.25) is 5.28 Å². The second-order valence-electron chi connectivity index (χ2n) is 3.63. The second kappa shape index (κ2) is 4.86. The lowest BCUT2D eigenvalue weighted by molar-refractivity contribution is 1.14. The number of hydrogen-bond acceptors (Lipinski definition) is 2. The molecule has 0 fully saturated rings. The Kier molecular flexibility index (Phi) is 3.46. The summed E-state index contributed by atoms with van der Waals surface area (Å²) < 4.78 is 0. The predicted octanol–water partition coefficient (Wildman–Crippen LogP) is 4.15. The maximum absolute atomic E-state index is 6.05. The molecule has 0 aliphatic carbocycles. The van der Waals surface area contributed by atoms with Crippen LogP contribution in [0.25, 0.3) is 5.57 Å². The van der Waals surface area contributed by atoms with Crippen molar-refractivity contribution in [2.24, 2.45) is 0 Å². The van der Waals surface area contributed by atoms with Gasteiger partial charge in [-0.3, -0.25) is 0 Å². The van der Waals surface area contributed by atoms with Crippen LogP contribution >= 0.6 is 23.2 Å². The van der Waals surface area contributed by atoms with Crippen LogP contribution in [0.2, 0.25) is 10.3 Å². The summed E-state index contributed by atoms with van der Waals surface area (Å²) in [5.41, 5.74) is 3.44. The van der Waals surface area contributed by atoms with Crippen molar-refractivity contribution in [1.82, 2.24) is 9.97 Å². The largest absolute Gasteiger partial charge is 0.225 e. The zero-order valence-electron chi connectivity index (χ0n) is 9.24. The standard InChI is InChI=1S/C13H10Cl2N2/c1-8-5-3-4-6-10(8)9(2)12-11(14)7-16-13(15)17-12/h3-7H,2H2,1H3. The van der Waals surface area contributed by atoms with Crippen LogP contribution in [0.1, 0.15) is 16.8 Å². The van der Waals surface area contributed by atoms with E-state index in [1.807, 2.05) is 31.2 Å². The van der Waals surface area contributed by atoms with E-state index in [1.54, 1.807) is 0 Å². The fraction of sp³-hybridized carbons (Fsp3) is 0.0769. The Labute approximate surface area is 110 Å². The van der Waals surface area contributed by atoms with E-state index in [0.29, 0.717) is 10.7 Å². The number of rotatable bonds is 2. The van der Waals surface area contributed by atoms with E-state index >= 15 is 0 Å². The molecule has 0 saturated carbocycles. The second-order valence-corrected chi connectivity index (χ2v) is 4.37. The van der Waals surface area contributed by atoms with Crippen LogP contribution in [0.5, 0.6) is 0 Å². The first-order chi connectivity index (χ1) is 8.09. The molecule has 2 rings (SSSR count). The van der Waals surface area contributed by atoms with Gasteiger partial charge in [-0.25, -0.2) is 9.97 Å². The summed E-state index contributed by atoms with van der Waals surface area (Å²) >= 11 is 11.8. The Morgan fingerprint density at radius 1 is 1.24 bits per heavy atom. The van der Waals surface area contributed by atoms with Crippen LogP contribution in [0.15, 0.2) is 37.0 Å². The first-order valence-corrected chi connectivity index (χ1v) is 5.78. The number of aromatic nitrogens is 2. The fourth-order valence-corrected chi connectivity index (χ4v) is 1.93. The lowest BCUT2D eigenvalue weighted by Gasteiger charge is -2.09. The van der Waals surface area contributed by atoms with Gasteiger partial charge in [0, 0.05) is 5.57 Å². The number of aryl methyl sites for hydroxylation is 1. The lowest BCUT2D eigenvalue weighted by atomic mass is 9.99. The molecule has 86 valence electrons. The molecule has 0 spiro atoms. The van der Waals surface area contributed by atoms with E-state index in [9.17, 15) is 0 Å². The van der Waals surface area contributed by atoms with Crippen molar-refractivity contribution in [3.63, 3.8) is 0 Å². The summed E-state index contributed by atoms with van der Waals surface area (Å²) in [7, 11) is 0. The van der Waals surface area contributed by atoms with E-state index in [2.05, 4.69) is 16.5 Å². The zero-order chi connectivity index (χ0) is 12.4. The maximum atomic E-state index is 6.05. The molecule has 0 radical (unpaired) electrons. The van der Waals surface area contributed by atoms with Crippen molar-refractivity contribution in [1.29, 1.82) is 0 Å². The Balaban J connectivity index is 2.51. The van der Waals surface area contributed by atoms with Crippen LogP contribution in [-0.4, -0.2) is 9.97 Å². The smallest absolute Gasteiger partial charge is 0.222 e. The van der Waals surface area contributed by atoms with Crippen LogP contribution < -0.4 is 0 Å². The van der Waals surface area contributed by atoms with Crippen LogP contribution in [0.3, 0.4) is 0 Å². The highest BCUT2D eigenvalue weighted by molar-refractivity contribution is 6.33. The van der Waals surface area contributed by atoms with Crippen molar-refractivity contribution in [2.45, 2.75) is 6.92 Å². The Morgan fingerprint density at radius 2 is 1.94 bits per heavy atom. The van der Waals surface area contributed by atoms with Gasteiger partial charge in [-0.15, -0.1) is 0 Å². The zero-order valence-corrected chi connectivity index (χ0v) is 10.8. The van der Waals surface area contributed by atoms with Crippen LogP contribution in [0, 0.1) is 6.92 Å². The molecule has 0 unspecified atom stereocenters. The predicted molar refractivity (Wildman–Crippen MR) is 71.4 cm³/mol. The van der Waals surface area contributed by atoms with Crippen molar-refractivity contribution in [3.8, 4) is 0 Å². The molecule has 0 aliphatic rings. The molecule has 0 atom stereocenters. The minimum Gasteiger partial charge on any atom is -0.225 e. The van der Waals surface area contributed by atoms with Gasteiger partial charge < -0.3 is 0 Å². The van der Waals surface area contributed by atoms with Gasteiger partial charge in [-0.1, -0.05) is 42.4 Å². The molecule has 4 heteroatoms. The quantitative estimate of drug-likeness (QED) is 0.762. The van der Waals surface area contributed by atoms with E-state index in [1.165, 1.54) is 6.20 Å². The van der Waals surface area contributed by atoms with Gasteiger partial charge >= 0.3 is 0 Å². The summed E-state index contributed by atoms with van der Waals surface area (Å²) in [4.78, 5) is 7.93. The van der Waals surface area contributed by atoms with Crippen molar-refractivity contribution < 1.29 is 0 Å². The third-order valence-corrected chi connectivity index (χ3v) is 2.93. The third-order valence-electron chi connectivity index (χ3n) is 2.47. The SMILES string of the molecule is C=C(c1ccccc1C)c1nc(Cl)ncc1Cl. The topological polar surface area (TPSA) is 25.8 Å². The van der Waals surface area contributed by atoms with E-state index < -0.39 is 0 Å². The summed E-state index contributed by atoms with van der Waals surface area (Å²) in [5.74, 6) is 0. The monoisotopic (exact) mass is 264 g/mol. The molecule has 0 saturated heterocycles. The number of nitrogens with zero attached hydrogens (tertiary/aromatic N) is 2. The normalized spacial score (nSPS) is 10.3. The van der Waals surface area contributed by atoms with Crippen molar-refractivity contribution in [2.75, 3.05) is 0 Å². The molecule has 0 N–H and O–H groups in total. The third kappa shape index (κ3) is 2.48. The molecule has 2 aromatic rings. The van der Waals surface area contributed by atoms with Gasteiger partial charge in [0.1, 0.15) is 0 Å². The Morgan fingerprint density at radius 3 is 2.65 bits per heavy atom. The number of halogens is 2. The van der Waals surface area contributed by atoms with Gasteiger partial charge in [0.05, 0.1) is 16.9 Å². The molecule has 1 aromatic carbocycles. The first-order valence-electron chi connectivity index (χ1n) is 5.03. The molecule has 0 bridgehead atoms. The van der Waals surface area contributed by atoms with Gasteiger partial charge in [0.25, 0.3) is 0 Å². The van der Waals surface area contributed by atoms with Gasteiger partial charge in [-0.05, 0) is 29.7 Å². The van der Waals surface area contributed by atoms with Gasteiger partial charge in [0.15, 0.2) is 0 Å². The number of hydrogen-bond donors (Lipinski definition) is 0. The first kappa shape index (κ1) is 12.1. The van der Waals surface area contributed by atoms with Crippen LogP contribution in [0.4, 0.5) is 0 Å². The molecule has 2 nitrogen and oxygen atoms in total. The highest BCUT2D eigenvalue weighted by Crippen LogP contribution is 2.28. The van der Waals surface area contributed by atoms with E-state index in [-0.39, 0.29) is 5.28 Å². The highest BCUT2D eigenvalue weighted by Gasteiger charge is 2.11. The molecule has 1 aromatic heterocycles. The Bertz CT molecular complexity index is 579. The van der Waals surface area contributed by atoms with Crippen LogP contribution in [-0.2, 0) is 0 Å². The summed E-state index contributed by atoms with van der Waals surface area (Å²) in [6.45, 7) is 6.04. The molecular formula is C13H10Cl2N2. The summed E-state index contributed by atoms with van der Waals surface area (Å²) in [5, 5.41) is 0.613. The maximum Gasteiger partial charge on any atom is 0.222 e. The lowest BCUT2D eigenvalue weighted by Crippen LogP contribution is -1.96. The summed E-state index contributed by atoms with van der Waals surface area (Å²) in [6.07, 6.45) is 1.48. The minimum atomic E-state index is 0.166. The van der Waals surface area contributed by atoms with Crippen molar-refractivity contribution >= 4 is 28.8 Å². The van der Waals surface area contributed by atoms with Gasteiger partial charge in [-0.2, -0.15) is 0 Å². The fourth-order valence-electron chi connectivity index (χ4n) is 1.60. The molecule has 17 heavy (non-hydrogen) atoms. The molecule has 0 amide bonds. The highest BCUT2D eigenvalue weighted by atomic mass is 35.5. The average Bonchev–Trinajstić information content (AvgIpc) is 2.32. The Hall–Kier alpha value is -1.38.